The van der Waals surface area contributed by atoms with E-state index in [0.29, 0.717) is 19.3 Å². The van der Waals surface area contributed by atoms with Crippen LogP contribution in [0, 0.1) is 5.92 Å². The zero-order chi connectivity index (χ0) is 17.0. The van der Waals surface area contributed by atoms with E-state index in [1.807, 2.05) is 0 Å². The minimum absolute atomic E-state index is 0.197. The quantitative estimate of drug-likeness (QED) is 0.230. The fourth-order valence-corrected chi connectivity index (χ4v) is 2.57. The summed E-state index contributed by atoms with van der Waals surface area (Å²) in [4.78, 5) is 33.9. The predicted molar refractivity (Wildman–Crippen MR) is 65.4 cm³/mol. The van der Waals surface area contributed by atoms with E-state index in [2.05, 4.69) is 14.1 Å². The van der Waals surface area contributed by atoms with Gasteiger partial charge in [0.1, 0.15) is 24.3 Å². The molecule has 9 nitrogen and oxygen atoms in total. The van der Waals surface area contributed by atoms with E-state index >= 15 is 0 Å². The summed E-state index contributed by atoms with van der Waals surface area (Å²) in [7, 11) is 0. The van der Waals surface area contributed by atoms with Gasteiger partial charge in [0.15, 0.2) is 6.61 Å². The van der Waals surface area contributed by atoms with Gasteiger partial charge >= 0.3 is 23.2 Å². The largest absolute Gasteiger partial charge is 0.458 e. The van der Waals surface area contributed by atoms with Crippen molar-refractivity contribution < 1.29 is 52.0 Å². The monoisotopic (exact) mass is 358 g/mol. The number of esters is 3. The number of hydrogen-bond donors (Lipinski definition) is 1. The first-order valence-electron chi connectivity index (χ1n) is 6.44. The third-order valence-electron chi connectivity index (χ3n) is 3.34. The number of halogens is 2. The van der Waals surface area contributed by atoms with Crippen LogP contribution in [0.15, 0.2) is 0 Å². The van der Waals surface area contributed by atoms with E-state index in [1.54, 1.807) is 0 Å². The van der Waals surface area contributed by atoms with Crippen LogP contribution in [0.5, 0.6) is 0 Å². The van der Waals surface area contributed by atoms with Crippen LogP contribution in [-0.2, 0) is 38.0 Å². The third-order valence-corrected chi connectivity index (χ3v) is 3.85. The molecule has 1 aliphatic carbocycles. The van der Waals surface area contributed by atoms with Crippen LogP contribution < -0.4 is 0 Å². The van der Waals surface area contributed by atoms with Gasteiger partial charge in [0, 0.05) is 6.42 Å². The summed E-state index contributed by atoms with van der Waals surface area (Å²) in [6.45, 7) is -1.05. The molecular weight excluding hydrogens is 346 g/mol. The zero-order valence-electron chi connectivity index (χ0n) is 11.4. The molecule has 0 aromatic carbocycles. The summed E-state index contributed by atoms with van der Waals surface area (Å²) in [5.41, 5.74) is 0. The van der Waals surface area contributed by atoms with Crippen molar-refractivity contribution in [2.24, 2.45) is 5.92 Å². The van der Waals surface area contributed by atoms with Gasteiger partial charge in [-0.25, -0.2) is 14.8 Å². The van der Waals surface area contributed by atoms with Crippen molar-refractivity contribution in [1.29, 1.82) is 0 Å². The Labute approximate surface area is 132 Å². The van der Waals surface area contributed by atoms with Gasteiger partial charge in [-0.15, -0.1) is 4.33 Å². The Hall–Kier alpha value is -1.50. The Morgan fingerprint density at radius 1 is 1.39 bits per heavy atom. The summed E-state index contributed by atoms with van der Waals surface area (Å²) >= 11 is -0.806. The van der Waals surface area contributed by atoms with E-state index in [4.69, 9.17) is 14.7 Å². The van der Waals surface area contributed by atoms with Gasteiger partial charge in [-0.2, -0.15) is 8.78 Å². The second-order valence-corrected chi connectivity index (χ2v) is 5.65. The lowest BCUT2D eigenvalue weighted by Gasteiger charge is -2.25. The maximum absolute atomic E-state index is 13.0. The number of carbonyl (C=O) groups excluding carboxylic acids is 3. The zero-order valence-corrected chi connectivity index (χ0v) is 12.3. The molecule has 3 unspecified atom stereocenters. The molecule has 1 saturated heterocycles. The Balaban J connectivity index is 1.75. The Kier molecular flexibility index (Phi) is 5.73. The first-order valence-corrected chi connectivity index (χ1v) is 7.18. The number of rotatable bonds is 7. The molecule has 1 heterocycles. The number of alkyl halides is 2. The van der Waals surface area contributed by atoms with Gasteiger partial charge in [-0.05, 0) is 12.8 Å². The maximum Gasteiger partial charge on any atom is 0.415 e. The summed E-state index contributed by atoms with van der Waals surface area (Å²) < 4.78 is 43.6. The van der Waals surface area contributed by atoms with Crippen LogP contribution in [0.1, 0.15) is 19.3 Å². The average molecular weight is 358 g/mol. The molecule has 3 atom stereocenters. The fourth-order valence-electron chi connectivity index (χ4n) is 2.32. The van der Waals surface area contributed by atoms with Gasteiger partial charge in [0.25, 0.3) is 0 Å². The SMILES string of the molecule is O=C(COC(=O)C(F)(F)SOOO)OC1CCC2CC1OC2=O. The molecule has 23 heavy (non-hydrogen) atoms. The summed E-state index contributed by atoms with van der Waals surface area (Å²) in [5, 5.41) is 6.48. The summed E-state index contributed by atoms with van der Waals surface area (Å²) in [6.07, 6.45) is 0.0799. The lowest BCUT2D eigenvalue weighted by Crippen LogP contribution is -2.36. The highest BCUT2D eigenvalue weighted by molar-refractivity contribution is 7.96. The molecular formula is C11H12F2O9S. The van der Waals surface area contributed by atoms with E-state index in [9.17, 15) is 23.2 Å². The highest BCUT2D eigenvalue weighted by atomic mass is 32.2. The molecule has 0 aromatic rings. The Morgan fingerprint density at radius 3 is 2.83 bits per heavy atom. The molecule has 1 N–H and O–H groups in total. The lowest BCUT2D eigenvalue weighted by molar-refractivity contribution is -0.433. The normalized spacial score (nSPS) is 26.6. The molecule has 2 fully saturated rings. The second-order valence-electron chi connectivity index (χ2n) is 4.83. The molecule has 2 rings (SSSR count). The van der Waals surface area contributed by atoms with Crippen LogP contribution in [0.2, 0.25) is 0 Å². The smallest absolute Gasteiger partial charge is 0.415 e. The molecule has 0 radical (unpaired) electrons. The summed E-state index contributed by atoms with van der Waals surface area (Å²) in [5.74, 6) is -3.67. The van der Waals surface area contributed by atoms with Gasteiger partial charge in [0.05, 0.1) is 5.92 Å². The minimum Gasteiger partial charge on any atom is -0.458 e. The van der Waals surface area contributed by atoms with E-state index in [1.165, 1.54) is 0 Å². The highest BCUT2D eigenvalue weighted by Crippen LogP contribution is 2.36. The van der Waals surface area contributed by atoms with Gasteiger partial charge in [-0.1, -0.05) is 5.04 Å². The van der Waals surface area contributed by atoms with E-state index < -0.39 is 48.1 Å². The van der Waals surface area contributed by atoms with Crippen LogP contribution in [0.3, 0.4) is 0 Å². The van der Waals surface area contributed by atoms with Crippen molar-refractivity contribution in [2.45, 2.75) is 36.7 Å². The van der Waals surface area contributed by atoms with Crippen LogP contribution in [-0.4, -0.2) is 47.2 Å². The van der Waals surface area contributed by atoms with Crippen molar-refractivity contribution in [2.75, 3.05) is 6.61 Å². The van der Waals surface area contributed by atoms with Crippen molar-refractivity contribution in [3.63, 3.8) is 0 Å². The van der Waals surface area contributed by atoms with Crippen LogP contribution >= 0.6 is 12.0 Å². The molecule has 12 heteroatoms. The molecule has 2 bridgehead atoms. The third kappa shape index (κ3) is 4.50. The lowest BCUT2D eigenvalue weighted by atomic mass is 9.88. The molecule has 0 amide bonds. The fraction of sp³-hybridized carbons (Fsp3) is 0.727. The Bertz CT molecular complexity index is 486. The molecule has 1 aliphatic heterocycles. The van der Waals surface area contributed by atoms with Crippen molar-refractivity contribution >= 4 is 30.0 Å². The number of ether oxygens (including phenoxy) is 3. The van der Waals surface area contributed by atoms with Crippen LogP contribution in [0.25, 0.3) is 0 Å². The number of carbonyl (C=O) groups is 3. The van der Waals surface area contributed by atoms with Crippen molar-refractivity contribution in [1.82, 2.24) is 0 Å². The first kappa shape index (κ1) is 17.8. The van der Waals surface area contributed by atoms with Gasteiger partial charge in [0.2, 0.25) is 0 Å². The Morgan fingerprint density at radius 2 is 2.13 bits per heavy atom. The topological polar surface area (TPSA) is 118 Å². The molecule has 0 spiro atoms. The molecule has 130 valence electrons. The van der Waals surface area contributed by atoms with E-state index in [-0.39, 0.29) is 11.9 Å². The molecule has 1 saturated carbocycles. The maximum atomic E-state index is 13.0. The predicted octanol–water partition coefficient (Wildman–Crippen LogP) is 0.829. The van der Waals surface area contributed by atoms with Gasteiger partial charge < -0.3 is 14.2 Å². The van der Waals surface area contributed by atoms with E-state index in [0.717, 1.165) is 0 Å². The van der Waals surface area contributed by atoms with Crippen LogP contribution in [0.4, 0.5) is 8.78 Å². The number of fused-ring (bicyclic) bond motifs is 2. The molecule has 0 aromatic heterocycles. The molecule has 2 aliphatic rings. The average Bonchev–Trinajstić information content (AvgIpc) is 2.81. The van der Waals surface area contributed by atoms with Crippen molar-refractivity contribution in [3.8, 4) is 0 Å². The summed E-state index contributed by atoms with van der Waals surface area (Å²) in [6, 6.07) is 0. The second kappa shape index (κ2) is 7.38. The minimum atomic E-state index is -4.19. The van der Waals surface area contributed by atoms with Gasteiger partial charge in [-0.3, -0.25) is 4.79 Å². The standard InChI is InChI=1S/C11H12F2O9S/c12-11(13,23-22-21-17)10(16)18-4-8(14)19-6-2-1-5-3-7(6)20-9(5)15/h5-7,17H,1-4H2. The van der Waals surface area contributed by atoms with Crippen molar-refractivity contribution in [3.05, 3.63) is 0 Å². The first-order chi connectivity index (χ1) is 10.8. The highest BCUT2D eigenvalue weighted by Gasteiger charge is 2.46. The number of hydrogen-bond acceptors (Lipinski definition) is 10.